The largest absolute Gasteiger partial charge is 0.338 e. The number of rotatable bonds is 6. The zero-order valence-corrected chi connectivity index (χ0v) is 14.4. The van der Waals surface area contributed by atoms with Crippen molar-refractivity contribution in [1.82, 2.24) is 14.9 Å². The van der Waals surface area contributed by atoms with E-state index in [-0.39, 0.29) is 18.0 Å². The first-order valence-corrected chi connectivity index (χ1v) is 9.25. The Morgan fingerprint density at radius 1 is 1.16 bits per heavy atom. The van der Waals surface area contributed by atoms with Gasteiger partial charge in [-0.15, -0.1) is 0 Å². The van der Waals surface area contributed by atoms with Crippen LogP contribution in [0.25, 0.3) is 11.4 Å². The van der Waals surface area contributed by atoms with Gasteiger partial charge in [-0.05, 0) is 18.2 Å². The highest BCUT2D eigenvalue weighted by Crippen LogP contribution is 2.20. The fraction of sp³-hybridized carbons (Fsp3) is 0.125. The molecule has 1 aromatic heterocycles. The number of nitrogens with zero attached hydrogens (tertiary/aromatic N) is 2. The van der Waals surface area contributed by atoms with E-state index in [4.69, 9.17) is 16.1 Å². The minimum atomic E-state index is -3.76. The van der Waals surface area contributed by atoms with Gasteiger partial charge >= 0.3 is 0 Å². The van der Waals surface area contributed by atoms with Crippen LogP contribution in [0.1, 0.15) is 11.5 Å². The third kappa shape index (κ3) is 4.62. The van der Waals surface area contributed by atoms with E-state index in [0.717, 1.165) is 0 Å². The Bertz CT molecular complexity index is 992. The van der Waals surface area contributed by atoms with Crippen LogP contribution in [0.4, 0.5) is 4.39 Å². The summed E-state index contributed by atoms with van der Waals surface area (Å²) in [6.07, 6.45) is 0. The second-order valence-corrected chi connectivity index (χ2v) is 7.44. The number of halogens is 2. The van der Waals surface area contributed by atoms with Gasteiger partial charge in [0, 0.05) is 16.1 Å². The van der Waals surface area contributed by atoms with Gasteiger partial charge in [0.05, 0.1) is 12.3 Å². The van der Waals surface area contributed by atoms with Crippen molar-refractivity contribution in [2.75, 3.05) is 0 Å². The number of nitrogens with one attached hydrogen (secondary N) is 1. The Morgan fingerprint density at radius 2 is 1.96 bits per heavy atom. The molecule has 0 saturated heterocycles. The molecule has 0 aliphatic heterocycles. The summed E-state index contributed by atoms with van der Waals surface area (Å²) in [4.78, 5) is 4.11. The molecule has 0 radical (unpaired) electrons. The summed E-state index contributed by atoms with van der Waals surface area (Å²) >= 11 is 5.90. The normalized spacial score (nSPS) is 11.6. The third-order valence-electron chi connectivity index (χ3n) is 3.30. The number of hydrogen-bond acceptors (Lipinski definition) is 5. The lowest BCUT2D eigenvalue weighted by molar-refractivity contribution is 0.376. The monoisotopic (exact) mass is 381 g/mol. The quantitative estimate of drug-likeness (QED) is 0.709. The molecular formula is C16H13ClFN3O3S. The molecule has 6 nitrogen and oxygen atoms in total. The summed E-state index contributed by atoms with van der Waals surface area (Å²) in [6, 6.07) is 12.6. The number of aromatic nitrogens is 2. The summed E-state index contributed by atoms with van der Waals surface area (Å²) in [7, 11) is -3.76. The van der Waals surface area contributed by atoms with Crippen LogP contribution in [-0.2, 0) is 22.3 Å². The fourth-order valence-corrected chi connectivity index (χ4v) is 3.39. The highest BCUT2D eigenvalue weighted by molar-refractivity contribution is 7.88. The fourth-order valence-electron chi connectivity index (χ4n) is 2.11. The molecule has 0 aliphatic rings. The molecule has 0 fully saturated rings. The van der Waals surface area contributed by atoms with Crippen LogP contribution in [0, 0.1) is 5.82 Å². The maximum absolute atomic E-state index is 13.6. The highest BCUT2D eigenvalue weighted by Gasteiger charge is 2.16. The van der Waals surface area contributed by atoms with E-state index in [9.17, 15) is 12.8 Å². The molecule has 1 N–H and O–H groups in total. The van der Waals surface area contributed by atoms with E-state index >= 15 is 0 Å². The summed E-state index contributed by atoms with van der Waals surface area (Å²) in [6.45, 7) is -0.190. The lowest BCUT2D eigenvalue weighted by Gasteiger charge is -2.05. The van der Waals surface area contributed by atoms with Gasteiger partial charge in [-0.25, -0.2) is 17.5 Å². The van der Waals surface area contributed by atoms with Gasteiger partial charge in [-0.1, -0.05) is 47.1 Å². The Kier molecular flexibility index (Phi) is 5.12. The van der Waals surface area contributed by atoms with Crippen molar-refractivity contribution < 1.29 is 17.3 Å². The number of benzene rings is 2. The first-order valence-electron chi connectivity index (χ1n) is 7.22. The molecule has 0 atom stereocenters. The van der Waals surface area contributed by atoms with Crippen molar-refractivity contribution in [2.45, 2.75) is 12.3 Å². The summed E-state index contributed by atoms with van der Waals surface area (Å²) in [5, 5.41) is 4.31. The highest BCUT2D eigenvalue weighted by atomic mass is 35.5. The van der Waals surface area contributed by atoms with E-state index in [1.54, 1.807) is 30.3 Å². The lowest BCUT2D eigenvalue weighted by atomic mass is 10.2. The Labute approximate surface area is 148 Å². The van der Waals surface area contributed by atoms with Crippen molar-refractivity contribution in [3.05, 3.63) is 70.8 Å². The smallest absolute Gasteiger partial charge is 0.242 e. The standard InChI is InChI=1S/C16H13ClFN3O3S/c17-13-6-3-5-11(8-13)16-20-15(24-21-16)9-19-25(22,23)10-12-4-1-2-7-14(12)18/h1-8,19H,9-10H2. The van der Waals surface area contributed by atoms with Crippen LogP contribution in [-0.4, -0.2) is 18.6 Å². The van der Waals surface area contributed by atoms with E-state index in [2.05, 4.69) is 14.9 Å². The van der Waals surface area contributed by atoms with Crippen molar-refractivity contribution in [2.24, 2.45) is 0 Å². The SMILES string of the molecule is O=S(=O)(Cc1ccccc1F)NCc1nc(-c2cccc(Cl)c2)no1. The van der Waals surface area contributed by atoms with Crippen molar-refractivity contribution in [3.8, 4) is 11.4 Å². The molecule has 0 aliphatic carbocycles. The van der Waals surface area contributed by atoms with Gasteiger partial charge in [0.1, 0.15) is 5.82 Å². The lowest BCUT2D eigenvalue weighted by Crippen LogP contribution is -2.25. The van der Waals surface area contributed by atoms with Gasteiger partial charge in [-0.3, -0.25) is 0 Å². The first kappa shape index (κ1) is 17.5. The predicted molar refractivity (Wildman–Crippen MR) is 90.6 cm³/mol. The van der Waals surface area contributed by atoms with Gasteiger partial charge < -0.3 is 4.52 Å². The van der Waals surface area contributed by atoms with Crippen LogP contribution in [0.2, 0.25) is 5.02 Å². The van der Waals surface area contributed by atoms with Crippen LogP contribution < -0.4 is 4.72 Å². The van der Waals surface area contributed by atoms with Crippen LogP contribution >= 0.6 is 11.6 Å². The molecule has 0 saturated carbocycles. The van der Waals surface area contributed by atoms with Gasteiger partial charge in [0.2, 0.25) is 21.7 Å². The van der Waals surface area contributed by atoms with Crippen molar-refractivity contribution in [1.29, 1.82) is 0 Å². The second-order valence-electron chi connectivity index (χ2n) is 5.19. The van der Waals surface area contributed by atoms with E-state index in [0.29, 0.717) is 16.4 Å². The molecule has 2 aromatic carbocycles. The average Bonchev–Trinajstić information content (AvgIpc) is 3.04. The Balaban J connectivity index is 1.66. The first-order chi connectivity index (χ1) is 11.9. The summed E-state index contributed by atoms with van der Waals surface area (Å²) in [5.74, 6) is -0.665. The molecule has 25 heavy (non-hydrogen) atoms. The molecular weight excluding hydrogens is 369 g/mol. The molecule has 0 unspecified atom stereocenters. The molecule has 1 heterocycles. The molecule has 0 spiro atoms. The Hall–Kier alpha value is -2.29. The summed E-state index contributed by atoms with van der Waals surface area (Å²) in [5.41, 5.74) is 0.733. The second kappa shape index (κ2) is 7.30. The van der Waals surface area contributed by atoms with Gasteiger partial charge in [0.15, 0.2) is 0 Å². The summed E-state index contributed by atoms with van der Waals surface area (Å²) < 4.78 is 45.0. The molecule has 0 bridgehead atoms. The number of hydrogen-bond donors (Lipinski definition) is 1. The van der Waals surface area contributed by atoms with Crippen molar-refractivity contribution >= 4 is 21.6 Å². The molecule has 130 valence electrons. The van der Waals surface area contributed by atoms with Crippen LogP contribution in [0.15, 0.2) is 53.1 Å². The van der Waals surface area contributed by atoms with Crippen LogP contribution in [0.3, 0.4) is 0 Å². The molecule has 3 aromatic rings. The van der Waals surface area contributed by atoms with Gasteiger partial charge in [-0.2, -0.15) is 4.98 Å². The minimum absolute atomic E-state index is 0.0835. The van der Waals surface area contributed by atoms with E-state index in [1.807, 2.05) is 0 Å². The van der Waals surface area contributed by atoms with E-state index in [1.165, 1.54) is 18.2 Å². The minimum Gasteiger partial charge on any atom is -0.338 e. The Morgan fingerprint density at radius 3 is 2.72 bits per heavy atom. The molecule has 9 heteroatoms. The molecule has 0 amide bonds. The van der Waals surface area contributed by atoms with Crippen molar-refractivity contribution in [3.63, 3.8) is 0 Å². The van der Waals surface area contributed by atoms with Gasteiger partial charge in [0.25, 0.3) is 0 Å². The maximum atomic E-state index is 13.6. The maximum Gasteiger partial charge on any atom is 0.242 e. The topological polar surface area (TPSA) is 85.1 Å². The number of sulfonamides is 1. The zero-order chi connectivity index (χ0) is 17.9. The third-order valence-corrected chi connectivity index (χ3v) is 4.81. The molecule has 3 rings (SSSR count). The average molecular weight is 382 g/mol. The van der Waals surface area contributed by atoms with Crippen LogP contribution in [0.5, 0.6) is 0 Å². The zero-order valence-electron chi connectivity index (χ0n) is 12.8. The van der Waals surface area contributed by atoms with E-state index < -0.39 is 21.6 Å². The predicted octanol–water partition coefficient (Wildman–Crippen LogP) is 3.15.